The third-order valence-electron chi connectivity index (χ3n) is 5.06. The molecule has 3 aromatic rings. The summed E-state index contributed by atoms with van der Waals surface area (Å²) < 4.78 is 5.72. The number of hydrogen-bond acceptors (Lipinski definition) is 4. The summed E-state index contributed by atoms with van der Waals surface area (Å²) in [5, 5.41) is 0.947. The molecule has 0 spiro atoms. The number of benzene rings is 1. The van der Waals surface area contributed by atoms with Gasteiger partial charge in [-0.25, -0.2) is 0 Å². The number of H-pyrrole nitrogens is 1. The largest absolute Gasteiger partial charge is 0.376 e. The van der Waals surface area contributed by atoms with Crippen LogP contribution >= 0.6 is 0 Å². The number of pyridine rings is 2. The van der Waals surface area contributed by atoms with Crippen molar-refractivity contribution in [1.82, 2.24) is 14.9 Å². The Morgan fingerprint density at radius 2 is 2.18 bits per heavy atom. The van der Waals surface area contributed by atoms with Crippen molar-refractivity contribution in [1.29, 1.82) is 0 Å². The molecule has 0 radical (unpaired) electrons. The van der Waals surface area contributed by atoms with E-state index in [0.29, 0.717) is 24.4 Å². The Labute approximate surface area is 163 Å². The molecule has 144 valence electrons. The molecule has 1 fully saturated rings. The molecule has 28 heavy (non-hydrogen) atoms. The van der Waals surface area contributed by atoms with Crippen molar-refractivity contribution in [3.8, 4) is 0 Å². The van der Waals surface area contributed by atoms with Gasteiger partial charge in [-0.1, -0.05) is 18.2 Å². The molecule has 4 rings (SSSR count). The quantitative estimate of drug-likeness (QED) is 0.742. The molecule has 1 amide bonds. The summed E-state index contributed by atoms with van der Waals surface area (Å²) in [5.41, 5.74) is 2.63. The molecule has 1 atom stereocenters. The summed E-state index contributed by atoms with van der Waals surface area (Å²) in [4.78, 5) is 34.5. The molecule has 0 unspecified atom stereocenters. The van der Waals surface area contributed by atoms with Crippen LogP contribution in [0.3, 0.4) is 0 Å². The number of fused-ring (bicyclic) bond motifs is 1. The number of nitrogens with one attached hydrogen (secondary N) is 1. The number of carbonyl (C=O) groups is 1. The second-order valence-electron chi connectivity index (χ2n) is 7.25. The van der Waals surface area contributed by atoms with E-state index in [1.165, 1.54) is 0 Å². The molecule has 1 aliphatic rings. The van der Waals surface area contributed by atoms with Crippen molar-refractivity contribution >= 4 is 16.8 Å². The lowest BCUT2D eigenvalue weighted by atomic mass is 10.1. The highest BCUT2D eigenvalue weighted by Crippen LogP contribution is 2.18. The lowest BCUT2D eigenvalue weighted by Gasteiger charge is -2.25. The number of aryl methyl sites for hydroxylation is 1. The average Bonchev–Trinajstić information content (AvgIpc) is 3.21. The van der Waals surface area contributed by atoms with Gasteiger partial charge in [-0.3, -0.25) is 14.6 Å². The van der Waals surface area contributed by atoms with Gasteiger partial charge in [0.05, 0.1) is 12.6 Å². The number of rotatable bonds is 5. The van der Waals surface area contributed by atoms with E-state index in [-0.39, 0.29) is 24.1 Å². The number of nitrogens with zero attached hydrogens (tertiary/aromatic N) is 2. The van der Waals surface area contributed by atoms with E-state index >= 15 is 0 Å². The number of ether oxygens (including phenoxy) is 1. The fourth-order valence-corrected chi connectivity index (χ4v) is 3.59. The minimum atomic E-state index is -0.195. The first kappa shape index (κ1) is 18.4. The Hall–Kier alpha value is -2.99. The molecule has 6 nitrogen and oxygen atoms in total. The van der Waals surface area contributed by atoms with Crippen molar-refractivity contribution in [3.05, 3.63) is 75.8 Å². The van der Waals surface area contributed by atoms with E-state index in [9.17, 15) is 9.59 Å². The first-order chi connectivity index (χ1) is 13.6. The molecule has 0 saturated carbocycles. The van der Waals surface area contributed by atoms with Gasteiger partial charge in [0, 0.05) is 30.4 Å². The monoisotopic (exact) mass is 377 g/mol. The third kappa shape index (κ3) is 3.97. The fraction of sp³-hybridized carbons (Fsp3) is 0.318. The number of aromatic nitrogens is 2. The summed E-state index contributed by atoms with van der Waals surface area (Å²) in [7, 11) is 0. The summed E-state index contributed by atoms with van der Waals surface area (Å²) in [6.07, 6.45) is 3.50. The summed E-state index contributed by atoms with van der Waals surface area (Å²) in [6, 6.07) is 13.1. The van der Waals surface area contributed by atoms with E-state index in [0.717, 1.165) is 29.3 Å². The van der Waals surface area contributed by atoms with E-state index in [4.69, 9.17) is 4.74 Å². The molecule has 6 heteroatoms. The molecular weight excluding hydrogens is 354 g/mol. The normalized spacial score (nSPS) is 16.4. The van der Waals surface area contributed by atoms with Crippen LogP contribution in [0.4, 0.5) is 0 Å². The van der Waals surface area contributed by atoms with Crippen molar-refractivity contribution < 1.29 is 9.53 Å². The molecule has 0 bridgehead atoms. The highest BCUT2D eigenvalue weighted by atomic mass is 16.5. The maximum Gasteiger partial charge on any atom is 0.272 e. The van der Waals surface area contributed by atoms with E-state index < -0.39 is 0 Å². The van der Waals surface area contributed by atoms with Gasteiger partial charge in [-0.15, -0.1) is 0 Å². The minimum Gasteiger partial charge on any atom is -0.376 e. The van der Waals surface area contributed by atoms with Crippen LogP contribution in [0.2, 0.25) is 0 Å². The number of aromatic amines is 1. The first-order valence-corrected chi connectivity index (χ1v) is 9.54. The average molecular weight is 377 g/mol. The van der Waals surface area contributed by atoms with Crippen LogP contribution in [-0.4, -0.2) is 40.0 Å². The lowest BCUT2D eigenvalue weighted by Crippen LogP contribution is -2.38. The van der Waals surface area contributed by atoms with Crippen LogP contribution in [0.15, 0.2) is 53.5 Å². The summed E-state index contributed by atoms with van der Waals surface area (Å²) in [5.74, 6) is -0.195. The highest BCUT2D eigenvalue weighted by Gasteiger charge is 2.25. The van der Waals surface area contributed by atoms with Gasteiger partial charge in [0.1, 0.15) is 5.69 Å². The van der Waals surface area contributed by atoms with Crippen molar-refractivity contribution in [2.75, 3.05) is 13.2 Å². The van der Waals surface area contributed by atoms with Crippen LogP contribution in [0.25, 0.3) is 10.9 Å². The van der Waals surface area contributed by atoms with Crippen LogP contribution in [0.5, 0.6) is 0 Å². The second kappa shape index (κ2) is 7.94. The smallest absolute Gasteiger partial charge is 0.272 e. The van der Waals surface area contributed by atoms with Crippen molar-refractivity contribution in [3.63, 3.8) is 0 Å². The van der Waals surface area contributed by atoms with Gasteiger partial charge in [0.2, 0.25) is 0 Å². The Balaban J connectivity index is 1.65. The van der Waals surface area contributed by atoms with Crippen molar-refractivity contribution in [2.45, 2.75) is 32.4 Å². The van der Waals surface area contributed by atoms with Crippen LogP contribution in [-0.2, 0) is 11.3 Å². The van der Waals surface area contributed by atoms with E-state index in [2.05, 4.69) is 9.97 Å². The highest BCUT2D eigenvalue weighted by molar-refractivity contribution is 5.92. The fourth-order valence-electron chi connectivity index (χ4n) is 3.59. The van der Waals surface area contributed by atoms with Crippen LogP contribution in [0, 0.1) is 6.92 Å². The van der Waals surface area contributed by atoms with Gasteiger partial charge >= 0.3 is 0 Å². The number of hydrogen-bond donors (Lipinski definition) is 1. The zero-order valence-corrected chi connectivity index (χ0v) is 15.9. The van der Waals surface area contributed by atoms with Gasteiger partial charge in [0.25, 0.3) is 11.5 Å². The lowest BCUT2D eigenvalue weighted by molar-refractivity contribution is 0.0502. The molecule has 1 aliphatic heterocycles. The van der Waals surface area contributed by atoms with Gasteiger partial charge in [0.15, 0.2) is 0 Å². The van der Waals surface area contributed by atoms with Crippen LogP contribution in [0.1, 0.15) is 34.5 Å². The maximum absolute atomic E-state index is 13.1. The molecular formula is C22H23N3O3. The SMILES string of the molecule is Cc1ccc2cc(CN(C[C@H]3CCCO3)C(=O)c3ccccn3)c(=O)[nH]c2c1. The van der Waals surface area contributed by atoms with Gasteiger partial charge in [-0.05, 0) is 55.0 Å². The van der Waals surface area contributed by atoms with Crippen LogP contribution < -0.4 is 5.56 Å². The van der Waals surface area contributed by atoms with Gasteiger partial charge < -0.3 is 14.6 Å². The second-order valence-corrected chi connectivity index (χ2v) is 7.25. The zero-order chi connectivity index (χ0) is 19.5. The predicted octanol–water partition coefficient (Wildman–Crippen LogP) is 3.05. The molecule has 3 heterocycles. The summed E-state index contributed by atoms with van der Waals surface area (Å²) in [6.45, 7) is 3.36. The Morgan fingerprint density at radius 1 is 1.29 bits per heavy atom. The number of carbonyl (C=O) groups excluding carboxylic acids is 1. The standard InChI is InChI=1S/C22H23N3O3/c1-15-7-8-16-12-17(21(26)24-20(16)11-15)13-25(14-18-5-4-10-28-18)22(27)19-6-2-3-9-23-19/h2-3,6-9,11-12,18H,4-5,10,13-14H2,1H3,(H,24,26)/t18-/m1/s1. The van der Waals surface area contributed by atoms with Gasteiger partial charge in [-0.2, -0.15) is 0 Å². The minimum absolute atomic E-state index is 0.00477. The Bertz CT molecular complexity index is 1040. The maximum atomic E-state index is 13.1. The zero-order valence-electron chi connectivity index (χ0n) is 15.9. The molecule has 1 saturated heterocycles. The molecule has 1 N–H and O–H groups in total. The van der Waals surface area contributed by atoms with E-state index in [1.54, 1.807) is 29.3 Å². The topological polar surface area (TPSA) is 75.3 Å². The molecule has 1 aromatic carbocycles. The number of amides is 1. The molecule has 0 aliphatic carbocycles. The Kier molecular flexibility index (Phi) is 5.21. The predicted molar refractivity (Wildman–Crippen MR) is 107 cm³/mol. The van der Waals surface area contributed by atoms with Crippen molar-refractivity contribution in [2.24, 2.45) is 0 Å². The van der Waals surface area contributed by atoms with E-state index in [1.807, 2.05) is 31.2 Å². The Morgan fingerprint density at radius 3 is 2.93 bits per heavy atom. The third-order valence-corrected chi connectivity index (χ3v) is 5.06. The first-order valence-electron chi connectivity index (χ1n) is 9.54. The summed E-state index contributed by atoms with van der Waals surface area (Å²) >= 11 is 0. The molecule has 2 aromatic heterocycles.